The predicted octanol–water partition coefficient (Wildman–Crippen LogP) is 2.38. The van der Waals surface area contributed by atoms with Crippen LogP contribution in [-0.4, -0.2) is 27.9 Å². The first-order valence-corrected chi connectivity index (χ1v) is 6.75. The van der Waals surface area contributed by atoms with Crippen LogP contribution in [0.15, 0.2) is 0 Å². The summed E-state index contributed by atoms with van der Waals surface area (Å²) < 4.78 is 6.79. The van der Waals surface area contributed by atoms with Crippen LogP contribution in [0.3, 0.4) is 0 Å². The predicted molar refractivity (Wildman–Crippen MR) is 75.3 cm³/mol. The first-order valence-electron chi connectivity index (χ1n) is 6.38. The number of nitrogens with zero attached hydrogens (tertiary/aromatic N) is 2. The maximum absolute atomic E-state index is 11.8. The molecule has 0 aliphatic rings. The number of aromatic nitrogens is 2. The van der Waals surface area contributed by atoms with Gasteiger partial charge in [0.2, 0.25) is 0 Å². The van der Waals surface area contributed by atoms with E-state index in [9.17, 15) is 4.79 Å². The summed E-state index contributed by atoms with van der Waals surface area (Å²) >= 11 is 6.12. The van der Waals surface area contributed by atoms with Crippen molar-refractivity contribution in [3.63, 3.8) is 0 Å². The average molecular weight is 288 g/mol. The van der Waals surface area contributed by atoms with E-state index in [0.717, 1.165) is 11.4 Å². The fourth-order valence-electron chi connectivity index (χ4n) is 2.15. The molecule has 1 heterocycles. The van der Waals surface area contributed by atoms with E-state index in [0.29, 0.717) is 18.1 Å². The van der Waals surface area contributed by atoms with Crippen molar-refractivity contribution in [3.8, 4) is 0 Å². The Hall–Kier alpha value is -1.07. The molecule has 1 aromatic heterocycles. The Morgan fingerprint density at radius 1 is 1.58 bits per heavy atom. The lowest BCUT2D eigenvalue weighted by Gasteiger charge is -2.26. The monoisotopic (exact) mass is 287 g/mol. The Bertz CT molecular complexity index is 469. The first kappa shape index (κ1) is 16.0. The van der Waals surface area contributed by atoms with Gasteiger partial charge in [-0.2, -0.15) is 5.10 Å². The molecular weight excluding hydrogens is 266 g/mol. The number of carbonyl (C=O) groups is 1. The summed E-state index contributed by atoms with van der Waals surface area (Å²) in [6.45, 7) is 9.47. The lowest BCUT2D eigenvalue weighted by Crippen LogP contribution is -2.47. The van der Waals surface area contributed by atoms with Crippen LogP contribution in [-0.2, 0) is 9.53 Å². The highest BCUT2D eigenvalue weighted by molar-refractivity contribution is 6.31. The average Bonchev–Trinajstić information content (AvgIpc) is 2.57. The molecule has 0 saturated carbocycles. The second-order valence-electron chi connectivity index (χ2n) is 5.12. The van der Waals surface area contributed by atoms with Gasteiger partial charge in [0, 0.05) is 0 Å². The molecule has 0 bridgehead atoms. The molecule has 1 rings (SSSR count). The van der Waals surface area contributed by atoms with E-state index in [1.807, 2.05) is 25.5 Å². The molecule has 0 fully saturated rings. The Morgan fingerprint density at radius 3 is 2.58 bits per heavy atom. The topological polar surface area (TPSA) is 70.1 Å². The van der Waals surface area contributed by atoms with Gasteiger partial charge in [-0.25, -0.2) is 0 Å². The van der Waals surface area contributed by atoms with Gasteiger partial charge in [-0.05, 0) is 41.0 Å². The third-order valence-electron chi connectivity index (χ3n) is 3.12. The van der Waals surface area contributed by atoms with Gasteiger partial charge in [0.1, 0.15) is 5.54 Å². The van der Waals surface area contributed by atoms with E-state index in [1.54, 1.807) is 13.8 Å². The Balaban J connectivity index is 2.87. The SMILES string of the molecule is CCOC(=O)C(C)(N)CC(C)n1nc(C)c(Cl)c1C. The number of hydrogen-bond acceptors (Lipinski definition) is 4. The largest absolute Gasteiger partial charge is 0.465 e. The third kappa shape index (κ3) is 3.48. The van der Waals surface area contributed by atoms with Gasteiger partial charge >= 0.3 is 5.97 Å². The molecule has 2 atom stereocenters. The Morgan fingerprint density at radius 2 is 2.16 bits per heavy atom. The highest BCUT2D eigenvalue weighted by atomic mass is 35.5. The summed E-state index contributed by atoms with van der Waals surface area (Å²) in [5, 5.41) is 5.03. The third-order valence-corrected chi connectivity index (χ3v) is 3.66. The van der Waals surface area contributed by atoms with Crippen LogP contribution >= 0.6 is 11.6 Å². The fraction of sp³-hybridized carbons (Fsp3) is 0.692. The van der Waals surface area contributed by atoms with Crippen molar-refractivity contribution in [3.05, 3.63) is 16.4 Å². The van der Waals surface area contributed by atoms with Gasteiger partial charge in [0.25, 0.3) is 0 Å². The molecule has 0 aliphatic heterocycles. The second-order valence-corrected chi connectivity index (χ2v) is 5.50. The molecule has 0 amide bonds. The molecule has 6 heteroatoms. The minimum Gasteiger partial charge on any atom is -0.465 e. The van der Waals surface area contributed by atoms with Gasteiger partial charge in [0.15, 0.2) is 0 Å². The van der Waals surface area contributed by atoms with Crippen molar-refractivity contribution in [2.75, 3.05) is 6.61 Å². The highest BCUT2D eigenvalue weighted by Gasteiger charge is 2.33. The summed E-state index contributed by atoms with van der Waals surface area (Å²) in [6.07, 6.45) is 0.435. The number of nitrogens with two attached hydrogens (primary N) is 1. The maximum Gasteiger partial charge on any atom is 0.325 e. The van der Waals surface area contributed by atoms with Crippen LogP contribution in [0.5, 0.6) is 0 Å². The smallest absolute Gasteiger partial charge is 0.325 e. The number of halogens is 1. The summed E-state index contributed by atoms with van der Waals surface area (Å²) in [5.74, 6) is -0.394. The van der Waals surface area contributed by atoms with Crippen LogP contribution in [0.4, 0.5) is 0 Å². The van der Waals surface area contributed by atoms with E-state index in [1.165, 1.54) is 0 Å². The van der Waals surface area contributed by atoms with Crippen LogP contribution in [0.25, 0.3) is 0 Å². The summed E-state index contributed by atoms with van der Waals surface area (Å²) in [4.78, 5) is 11.8. The van der Waals surface area contributed by atoms with Gasteiger partial charge < -0.3 is 10.5 Å². The van der Waals surface area contributed by atoms with Gasteiger partial charge in [-0.3, -0.25) is 9.48 Å². The van der Waals surface area contributed by atoms with Crippen LogP contribution in [0.1, 0.15) is 44.6 Å². The standard InChI is InChI=1S/C13H22ClN3O2/c1-6-19-12(18)13(5,15)7-8(2)17-10(4)11(14)9(3)16-17/h8H,6-7,15H2,1-5H3. The number of aryl methyl sites for hydroxylation is 1. The van der Waals surface area contributed by atoms with E-state index in [-0.39, 0.29) is 6.04 Å². The number of esters is 1. The lowest BCUT2D eigenvalue weighted by atomic mass is 9.95. The fourth-order valence-corrected chi connectivity index (χ4v) is 2.28. The molecule has 0 spiro atoms. The number of hydrogen-bond donors (Lipinski definition) is 1. The molecule has 1 aromatic rings. The zero-order chi connectivity index (χ0) is 14.8. The Labute approximate surface area is 119 Å². The lowest BCUT2D eigenvalue weighted by molar-refractivity contribution is -0.149. The number of ether oxygens (including phenoxy) is 1. The Kier molecular flexibility index (Phi) is 4.98. The summed E-state index contributed by atoms with van der Waals surface area (Å²) in [7, 11) is 0. The van der Waals surface area contributed by atoms with Crippen molar-refractivity contribution < 1.29 is 9.53 Å². The van der Waals surface area contributed by atoms with E-state index < -0.39 is 11.5 Å². The molecule has 19 heavy (non-hydrogen) atoms. The van der Waals surface area contributed by atoms with Crippen LogP contribution in [0, 0.1) is 13.8 Å². The molecule has 5 nitrogen and oxygen atoms in total. The van der Waals surface area contributed by atoms with E-state index in [4.69, 9.17) is 22.1 Å². The van der Waals surface area contributed by atoms with Crippen molar-refractivity contribution in [2.24, 2.45) is 5.73 Å². The quantitative estimate of drug-likeness (QED) is 0.844. The van der Waals surface area contributed by atoms with Gasteiger partial charge in [0.05, 0.1) is 29.1 Å². The van der Waals surface area contributed by atoms with Crippen LogP contribution in [0.2, 0.25) is 5.02 Å². The summed E-state index contributed by atoms with van der Waals surface area (Å²) in [6, 6.07) is -0.0365. The molecule has 2 unspecified atom stereocenters. The van der Waals surface area contributed by atoms with E-state index in [2.05, 4.69) is 5.10 Å². The van der Waals surface area contributed by atoms with E-state index >= 15 is 0 Å². The molecule has 0 saturated heterocycles. The maximum atomic E-state index is 11.8. The van der Waals surface area contributed by atoms with Gasteiger partial charge in [-0.1, -0.05) is 11.6 Å². The van der Waals surface area contributed by atoms with Crippen molar-refractivity contribution in [2.45, 2.75) is 52.6 Å². The highest BCUT2D eigenvalue weighted by Crippen LogP contribution is 2.26. The first-order chi connectivity index (χ1) is 8.70. The molecule has 0 radical (unpaired) electrons. The molecule has 0 aliphatic carbocycles. The molecule has 108 valence electrons. The van der Waals surface area contributed by atoms with Crippen molar-refractivity contribution in [1.82, 2.24) is 9.78 Å². The molecule has 2 N–H and O–H groups in total. The van der Waals surface area contributed by atoms with Crippen LogP contribution < -0.4 is 5.73 Å². The minimum absolute atomic E-state index is 0.0365. The minimum atomic E-state index is -1.03. The van der Waals surface area contributed by atoms with Crippen molar-refractivity contribution >= 4 is 17.6 Å². The van der Waals surface area contributed by atoms with Crippen molar-refractivity contribution in [1.29, 1.82) is 0 Å². The second kappa shape index (κ2) is 5.92. The number of carbonyl (C=O) groups excluding carboxylic acids is 1. The molecular formula is C13H22ClN3O2. The zero-order valence-corrected chi connectivity index (χ0v) is 12.9. The normalized spacial score (nSPS) is 15.9. The summed E-state index contributed by atoms with van der Waals surface area (Å²) in [5.41, 5.74) is 6.66. The number of rotatable bonds is 5. The van der Waals surface area contributed by atoms with Gasteiger partial charge in [-0.15, -0.1) is 0 Å². The zero-order valence-electron chi connectivity index (χ0n) is 12.2. The molecule has 0 aromatic carbocycles.